The van der Waals surface area contributed by atoms with Crippen LogP contribution in [0.5, 0.6) is 5.75 Å². The monoisotopic (exact) mass is 269 g/mol. The number of hydrogen-bond acceptors (Lipinski definition) is 3. The van der Waals surface area contributed by atoms with Crippen molar-refractivity contribution in [2.75, 3.05) is 11.9 Å². The number of rotatable bonds is 6. The lowest BCUT2D eigenvalue weighted by atomic mass is 10.3. The van der Waals surface area contributed by atoms with Gasteiger partial charge in [0, 0.05) is 17.1 Å². The molecule has 2 aromatic rings. The molecule has 2 rings (SSSR count). The molecule has 96 valence electrons. The molecule has 1 N–H and O–H groups in total. The number of benzene rings is 1. The Balaban J connectivity index is 1.79. The predicted molar refractivity (Wildman–Crippen MR) is 69.6 cm³/mol. The quantitative estimate of drug-likeness (QED) is 0.855. The number of nitrogens with one attached hydrogen (secondary N) is 1. The summed E-state index contributed by atoms with van der Waals surface area (Å²) in [5.41, 5.74) is 0.896. The molecule has 0 aliphatic heterocycles. The van der Waals surface area contributed by atoms with Crippen LogP contribution in [0.2, 0.25) is 0 Å². The first kappa shape index (κ1) is 12.8. The maximum atomic E-state index is 11.9. The fourth-order valence-electron chi connectivity index (χ4n) is 1.54. The summed E-state index contributed by atoms with van der Waals surface area (Å²) < 4.78 is 28.2. The molecule has 5 heteroatoms. The molecule has 2 nitrogen and oxygen atoms in total. The third-order valence-electron chi connectivity index (χ3n) is 2.36. The van der Waals surface area contributed by atoms with Gasteiger partial charge >= 0.3 is 6.61 Å². The molecule has 0 bridgehead atoms. The third kappa shape index (κ3) is 4.00. The third-order valence-corrected chi connectivity index (χ3v) is 3.30. The minimum atomic E-state index is -2.78. The van der Waals surface area contributed by atoms with E-state index in [0.717, 1.165) is 18.7 Å². The highest BCUT2D eigenvalue weighted by Gasteiger charge is 2.03. The van der Waals surface area contributed by atoms with E-state index in [2.05, 4.69) is 16.1 Å². The van der Waals surface area contributed by atoms with Crippen molar-refractivity contribution < 1.29 is 13.5 Å². The molecule has 0 fully saturated rings. The number of halogens is 2. The smallest absolute Gasteiger partial charge is 0.387 e. The average molecular weight is 269 g/mol. The maximum absolute atomic E-state index is 11.9. The Hall–Kier alpha value is -1.62. The molecule has 0 aliphatic rings. The summed E-state index contributed by atoms with van der Waals surface area (Å²) in [6.45, 7) is -1.96. The summed E-state index contributed by atoms with van der Waals surface area (Å²) in [5.74, 6) is 0.175. The van der Waals surface area contributed by atoms with Crippen LogP contribution in [0.15, 0.2) is 41.8 Å². The summed E-state index contributed by atoms with van der Waals surface area (Å²) >= 11 is 1.72. The molecule has 0 saturated heterocycles. The lowest BCUT2D eigenvalue weighted by molar-refractivity contribution is -0.0498. The first-order valence-electron chi connectivity index (χ1n) is 5.55. The standard InChI is InChI=1S/C13H13F2NOS/c14-13(15)17-11-5-3-10(4-6-11)16-8-7-12-2-1-9-18-12/h1-6,9,13,16H,7-8H2. The van der Waals surface area contributed by atoms with E-state index in [4.69, 9.17) is 0 Å². The van der Waals surface area contributed by atoms with Gasteiger partial charge in [-0.15, -0.1) is 11.3 Å². The van der Waals surface area contributed by atoms with E-state index >= 15 is 0 Å². The van der Waals surface area contributed by atoms with Gasteiger partial charge in [0.2, 0.25) is 0 Å². The summed E-state index contributed by atoms with van der Waals surface area (Å²) in [6.07, 6.45) is 0.951. The zero-order valence-electron chi connectivity index (χ0n) is 9.61. The van der Waals surface area contributed by atoms with Crippen molar-refractivity contribution in [3.63, 3.8) is 0 Å². The van der Waals surface area contributed by atoms with Gasteiger partial charge in [-0.3, -0.25) is 0 Å². The Morgan fingerprint density at radius 3 is 2.56 bits per heavy atom. The highest BCUT2D eigenvalue weighted by Crippen LogP contribution is 2.18. The Morgan fingerprint density at radius 1 is 1.17 bits per heavy atom. The van der Waals surface area contributed by atoms with Crippen LogP contribution in [-0.2, 0) is 6.42 Å². The number of thiophene rings is 1. The predicted octanol–water partition coefficient (Wildman–Crippen LogP) is 4.00. The van der Waals surface area contributed by atoms with Crippen LogP contribution >= 0.6 is 11.3 Å². The van der Waals surface area contributed by atoms with Gasteiger partial charge in [0.25, 0.3) is 0 Å². The lowest BCUT2D eigenvalue weighted by Gasteiger charge is -2.07. The zero-order valence-corrected chi connectivity index (χ0v) is 10.4. The molecule has 1 aromatic heterocycles. The van der Waals surface area contributed by atoms with Crippen LogP contribution in [-0.4, -0.2) is 13.2 Å². The van der Waals surface area contributed by atoms with Crippen molar-refractivity contribution in [2.45, 2.75) is 13.0 Å². The molecule has 0 spiro atoms. The minimum Gasteiger partial charge on any atom is -0.435 e. The lowest BCUT2D eigenvalue weighted by Crippen LogP contribution is -2.04. The van der Waals surface area contributed by atoms with Crippen molar-refractivity contribution in [2.24, 2.45) is 0 Å². The molecule has 0 atom stereocenters. The number of hydrogen-bond donors (Lipinski definition) is 1. The van der Waals surface area contributed by atoms with Gasteiger partial charge in [-0.25, -0.2) is 0 Å². The van der Waals surface area contributed by atoms with Crippen LogP contribution in [0.4, 0.5) is 14.5 Å². The van der Waals surface area contributed by atoms with Crippen LogP contribution in [0.25, 0.3) is 0 Å². The first-order valence-corrected chi connectivity index (χ1v) is 6.43. The largest absolute Gasteiger partial charge is 0.435 e. The second kappa shape index (κ2) is 6.35. The van der Waals surface area contributed by atoms with Crippen molar-refractivity contribution in [1.29, 1.82) is 0 Å². The van der Waals surface area contributed by atoms with Crippen LogP contribution in [0, 0.1) is 0 Å². The summed E-state index contributed by atoms with van der Waals surface area (Å²) in [7, 11) is 0. The van der Waals surface area contributed by atoms with Gasteiger partial charge in [-0.1, -0.05) is 6.07 Å². The van der Waals surface area contributed by atoms with E-state index in [-0.39, 0.29) is 5.75 Å². The van der Waals surface area contributed by atoms with E-state index in [0.29, 0.717) is 0 Å². The van der Waals surface area contributed by atoms with Crippen molar-refractivity contribution in [3.05, 3.63) is 46.7 Å². The molecule has 0 unspecified atom stereocenters. The second-order valence-electron chi connectivity index (χ2n) is 3.66. The van der Waals surface area contributed by atoms with Crippen LogP contribution in [0.3, 0.4) is 0 Å². The van der Waals surface area contributed by atoms with Crippen molar-refractivity contribution >= 4 is 17.0 Å². The fraction of sp³-hybridized carbons (Fsp3) is 0.231. The average Bonchev–Trinajstić information content (AvgIpc) is 2.84. The molecule has 0 radical (unpaired) electrons. The van der Waals surface area contributed by atoms with E-state index in [9.17, 15) is 8.78 Å². The summed E-state index contributed by atoms with van der Waals surface area (Å²) in [4.78, 5) is 1.32. The van der Waals surface area contributed by atoms with Crippen molar-refractivity contribution in [1.82, 2.24) is 0 Å². The molecule has 0 amide bonds. The molecule has 1 aromatic carbocycles. The maximum Gasteiger partial charge on any atom is 0.387 e. The highest BCUT2D eigenvalue weighted by molar-refractivity contribution is 7.09. The fourth-order valence-corrected chi connectivity index (χ4v) is 2.25. The zero-order chi connectivity index (χ0) is 12.8. The Bertz CT molecular complexity index is 456. The molecule has 18 heavy (non-hydrogen) atoms. The van der Waals surface area contributed by atoms with Gasteiger partial charge in [-0.05, 0) is 42.1 Å². The van der Waals surface area contributed by atoms with E-state index in [1.54, 1.807) is 23.5 Å². The van der Waals surface area contributed by atoms with Gasteiger partial charge in [-0.2, -0.15) is 8.78 Å². The molecular weight excluding hydrogens is 256 g/mol. The van der Waals surface area contributed by atoms with E-state index in [1.807, 2.05) is 11.4 Å². The van der Waals surface area contributed by atoms with Crippen LogP contribution in [0.1, 0.15) is 4.88 Å². The van der Waals surface area contributed by atoms with Gasteiger partial charge in [0.05, 0.1) is 0 Å². The van der Waals surface area contributed by atoms with E-state index < -0.39 is 6.61 Å². The summed E-state index contributed by atoms with van der Waals surface area (Å²) in [5, 5.41) is 5.27. The van der Waals surface area contributed by atoms with Crippen LogP contribution < -0.4 is 10.1 Å². The second-order valence-corrected chi connectivity index (χ2v) is 4.69. The van der Waals surface area contributed by atoms with Gasteiger partial charge < -0.3 is 10.1 Å². The van der Waals surface area contributed by atoms with Crippen molar-refractivity contribution in [3.8, 4) is 5.75 Å². The summed E-state index contributed by atoms with van der Waals surface area (Å²) in [6, 6.07) is 10.6. The highest BCUT2D eigenvalue weighted by atomic mass is 32.1. The number of anilines is 1. The van der Waals surface area contributed by atoms with Gasteiger partial charge in [0.1, 0.15) is 5.75 Å². The number of ether oxygens (including phenoxy) is 1. The molecule has 1 heterocycles. The van der Waals surface area contributed by atoms with Gasteiger partial charge in [0.15, 0.2) is 0 Å². The molecular formula is C13H13F2NOS. The first-order chi connectivity index (χ1) is 8.74. The number of alkyl halides is 2. The molecule has 0 aliphatic carbocycles. The normalized spacial score (nSPS) is 10.6. The molecule has 0 saturated carbocycles. The Labute approximate surface area is 108 Å². The van der Waals surface area contributed by atoms with E-state index in [1.165, 1.54) is 17.0 Å². The Morgan fingerprint density at radius 2 is 1.94 bits per heavy atom. The minimum absolute atomic E-state index is 0.175. The topological polar surface area (TPSA) is 21.3 Å². The Kier molecular flexibility index (Phi) is 4.52. The SMILES string of the molecule is FC(F)Oc1ccc(NCCc2cccs2)cc1.